The molecule has 122 valence electrons. The predicted molar refractivity (Wildman–Crippen MR) is 84.7 cm³/mol. The number of nitrogens with one attached hydrogen (secondary N) is 2. The number of aliphatic hydroxyl groups excluding tert-OH is 1. The minimum Gasteiger partial charge on any atom is -0.391 e. The summed E-state index contributed by atoms with van der Waals surface area (Å²) >= 11 is 0. The predicted octanol–water partition coefficient (Wildman–Crippen LogP) is 1.30. The van der Waals surface area contributed by atoms with Crippen LogP contribution in [0.15, 0.2) is 24.3 Å². The molecule has 0 radical (unpaired) electrons. The second kappa shape index (κ2) is 6.74. The number of anilines is 1. The third-order valence-corrected chi connectivity index (χ3v) is 4.04. The Hall–Kier alpha value is -2.48. The van der Waals surface area contributed by atoms with Gasteiger partial charge in [0.1, 0.15) is 0 Å². The average Bonchev–Trinajstić information content (AvgIpc) is 2.96. The summed E-state index contributed by atoms with van der Waals surface area (Å²) in [7, 11) is 1.76. The Labute approximate surface area is 133 Å². The van der Waals surface area contributed by atoms with Gasteiger partial charge in [-0.05, 0) is 35.4 Å². The molecule has 1 fully saturated rings. The van der Waals surface area contributed by atoms with Crippen LogP contribution in [0.5, 0.6) is 0 Å². The maximum absolute atomic E-state index is 12.1. The summed E-state index contributed by atoms with van der Waals surface area (Å²) in [6, 6.07) is 6.81. The zero-order chi connectivity index (χ0) is 16.2. The molecule has 2 amide bonds. The van der Waals surface area contributed by atoms with Crippen LogP contribution in [0.2, 0.25) is 0 Å². The van der Waals surface area contributed by atoms with Crippen LogP contribution in [0.3, 0.4) is 0 Å². The van der Waals surface area contributed by atoms with E-state index in [2.05, 4.69) is 26.2 Å². The molecule has 0 spiro atoms. The molecule has 1 saturated carbocycles. The van der Waals surface area contributed by atoms with Crippen LogP contribution in [0.4, 0.5) is 10.5 Å². The summed E-state index contributed by atoms with van der Waals surface area (Å²) in [6.07, 6.45) is 3.11. The van der Waals surface area contributed by atoms with Crippen molar-refractivity contribution in [1.29, 1.82) is 0 Å². The van der Waals surface area contributed by atoms with Crippen molar-refractivity contribution in [2.45, 2.75) is 37.8 Å². The standard InChI is InChI=1S/C15H20N6O2/c1-21-14(18-19-20-21)10-5-4-6-11(9-10)16-15(23)17-12-7-2-3-8-13(12)22/h4-6,9,12-13,22H,2-3,7-8H2,1H3,(H2,16,17,23)/t12-,13-/m1/s1. The average molecular weight is 316 g/mol. The molecular weight excluding hydrogens is 296 g/mol. The van der Waals surface area contributed by atoms with Gasteiger partial charge in [-0.3, -0.25) is 0 Å². The molecule has 1 heterocycles. The largest absolute Gasteiger partial charge is 0.391 e. The van der Waals surface area contributed by atoms with Gasteiger partial charge in [0.2, 0.25) is 0 Å². The summed E-state index contributed by atoms with van der Waals surface area (Å²) in [5.74, 6) is 0.622. The minimum atomic E-state index is -0.467. The van der Waals surface area contributed by atoms with E-state index in [1.54, 1.807) is 17.8 Å². The van der Waals surface area contributed by atoms with Gasteiger partial charge < -0.3 is 15.7 Å². The Balaban J connectivity index is 1.66. The summed E-state index contributed by atoms with van der Waals surface area (Å²) in [4.78, 5) is 12.1. The Morgan fingerprint density at radius 3 is 2.91 bits per heavy atom. The van der Waals surface area contributed by atoms with Gasteiger partial charge in [-0.1, -0.05) is 25.0 Å². The lowest BCUT2D eigenvalue weighted by atomic mass is 9.93. The molecule has 1 aromatic heterocycles. The van der Waals surface area contributed by atoms with E-state index in [9.17, 15) is 9.90 Å². The minimum absolute atomic E-state index is 0.185. The van der Waals surface area contributed by atoms with Crippen molar-refractivity contribution in [3.05, 3.63) is 24.3 Å². The normalized spacial score (nSPS) is 21.0. The number of rotatable bonds is 3. The van der Waals surface area contributed by atoms with Gasteiger partial charge in [0.15, 0.2) is 5.82 Å². The van der Waals surface area contributed by atoms with Crippen molar-refractivity contribution in [1.82, 2.24) is 25.5 Å². The van der Waals surface area contributed by atoms with E-state index in [0.29, 0.717) is 11.5 Å². The molecule has 2 atom stereocenters. The molecule has 8 nitrogen and oxygen atoms in total. The summed E-state index contributed by atoms with van der Waals surface area (Å²) in [5.41, 5.74) is 1.46. The molecule has 0 aliphatic heterocycles. The lowest BCUT2D eigenvalue weighted by molar-refractivity contribution is 0.0955. The Morgan fingerprint density at radius 1 is 1.35 bits per heavy atom. The molecular formula is C15H20N6O2. The summed E-state index contributed by atoms with van der Waals surface area (Å²) in [6.45, 7) is 0. The number of carbonyl (C=O) groups excluding carboxylic acids is 1. The Bertz CT molecular complexity index is 686. The van der Waals surface area contributed by atoms with E-state index in [4.69, 9.17) is 0 Å². The lowest BCUT2D eigenvalue weighted by Gasteiger charge is -2.28. The first-order chi connectivity index (χ1) is 11.1. The van der Waals surface area contributed by atoms with Crippen LogP contribution in [0, 0.1) is 0 Å². The van der Waals surface area contributed by atoms with Gasteiger partial charge in [0.25, 0.3) is 0 Å². The van der Waals surface area contributed by atoms with Gasteiger partial charge in [-0.15, -0.1) is 5.10 Å². The number of hydrogen-bond acceptors (Lipinski definition) is 5. The van der Waals surface area contributed by atoms with E-state index in [0.717, 1.165) is 31.2 Å². The Morgan fingerprint density at radius 2 is 2.17 bits per heavy atom. The van der Waals surface area contributed by atoms with Crippen LogP contribution in [0.25, 0.3) is 11.4 Å². The van der Waals surface area contributed by atoms with E-state index < -0.39 is 6.10 Å². The van der Waals surface area contributed by atoms with Gasteiger partial charge in [-0.2, -0.15) is 0 Å². The third-order valence-electron chi connectivity index (χ3n) is 4.04. The molecule has 0 saturated heterocycles. The molecule has 1 aromatic carbocycles. The number of aliphatic hydroxyl groups is 1. The number of aromatic nitrogens is 4. The fourth-order valence-electron chi connectivity index (χ4n) is 2.83. The molecule has 3 N–H and O–H groups in total. The van der Waals surface area contributed by atoms with Gasteiger partial charge in [0, 0.05) is 18.3 Å². The van der Waals surface area contributed by atoms with Crippen molar-refractivity contribution in [3.8, 4) is 11.4 Å². The second-order valence-electron chi connectivity index (χ2n) is 5.76. The highest BCUT2D eigenvalue weighted by Gasteiger charge is 2.24. The van der Waals surface area contributed by atoms with Gasteiger partial charge >= 0.3 is 6.03 Å². The molecule has 23 heavy (non-hydrogen) atoms. The number of nitrogens with zero attached hydrogens (tertiary/aromatic N) is 4. The van der Waals surface area contributed by atoms with Crippen molar-refractivity contribution in [2.75, 3.05) is 5.32 Å². The first-order valence-corrected chi connectivity index (χ1v) is 7.72. The van der Waals surface area contributed by atoms with Crippen molar-refractivity contribution >= 4 is 11.7 Å². The monoisotopic (exact) mass is 316 g/mol. The smallest absolute Gasteiger partial charge is 0.319 e. The summed E-state index contributed by atoms with van der Waals surface area (Å²) < 4.78 is 1.57. The third kappa shape index (κ3) is 3.65. The number of carbonyl (C=O) groups is 1. The first kappa shape index (κ1) is 15.4. The fraction of sp³-hybridized carbons (Fsp3) is 0.467. The SMILES string of the molecule is Cn1nnnc1-c1cccc(NC(=O)N[C@@H]2CCCC[C@H]2O)c1. The maximum Gasteiger partial charge on any atom is 0.319 e. The highest BCUT2D eigenvalue weighted by Crippen LogP contribution is 2.20. The molecule has 0 bridgehead atoms. The molecule has 1 aliphatic carbocycles. The van der Waals surface area contributed by atoms with Crippen LogP contribution in [0.1, 0.15) is 25.7 Å². The molecule has 1 aliphatic rings. The fourth-order valence-corrected chi connectivity index (χ4v) is 2.83. The van der Waals surface area contributed by atoms with Crippen molar-refractivity contribution < 1.29 is 9.90 Å². The van der Waals surface area contributed by atoms with Crippen LogP contribution in [-0.4, -0.2) is 43.5 Å². The van der Waals surface area contributed by atoms with E-state index in [1.807, 2.05) is 18.2 Å². The molecule has 0 unspecified atom stereocenters. The molecule has 8 heteroatoms. The quantitative estimate of drug-likeness (QED) is 0.791. The van der Waals surface area contributed by atoms with Gasteiger partial charge in [-0.25, -0.2) is 9.48 Å². The zero-order valence-electron chi connectivity index (χ0n) is 12.9. The summed E-state index contributed by atoms with van der Waals surface area (Å²) in [5, 5.41) is 26.9. The number of aryl methyl sites for hydroxylation is 1. The number of hydrogen-bond donors (Lipinski definition) is 3. The number of benzene rings is 1. The highest BCUT2D eigenvalue weighted by molar-refractivity contribution is 5.90. The molecule has 3 rings (SSSR count). The number of amides is 2. The van der Waals surface area contributed by atoms with Gasteiger partial charge in [0.05, 0.1) is 12.1 Å². The van der Waals surface area contributed by atoms with Crippen LogP contribution in [-0.2, 0) is 7.05 Å². The first-order valence-electron chi connectivity index (χ1n) is 7.72. The maximum atomic E-state index is 12.1. The Kier molecular flexibility index (Phi) is 4.52. The number of tetrazole rings is 1. The van der Waals surface area contributed by atoms with E-state index in [1.165, 1.54) is 0 Å². The van der Waals surface area contributed by atoms with E-state index >= 15 is 0 Å². The number of urea groups is 1. The second-order valence-corrected chi connectivity index (χ2v) is 5.76. The van der Waals surface area contributed by atoms with E-state index in [-0.39, 0.29) is 12.1 Å². The van der Waals surface area contributed by atoms with Crippen molar-refractivity contribution in [3.63, 3.8) is 0 Å². The topological polar surface area (TPSA) is 105 Å². The van der Waals surface area contributed by atoms with Crippen LogP contribution >= 0.6 is 0 Å². The lowest BCUT2D eigenvalue weighted by Crippen LogP contribution is -2.46. The molecule has 2 aromatic rings. The zero-order valence-corrected chi connectivity index (χ0v) is 12.9. The van der Waals surface area contributed by atoms with Crippen molar-refractivity contribution in [2.24, 2.45) is 7.05 Å². The highest BCUT2D eigenvalue weighted by atomic mass is 16.3. The van der Waals surface area contributed by atoms with Crippen LogP contribution < -0.4 is 10.6 Å².